The van der Waals surface area contributed by atoms with Crippen LogP contribution in [0.25, 0.3) is 0 Å². The summed E-state index contributed by atoms with van der Waals surface area (Å²) in [5.41, 5.74) is 5.24. The van der Waals surface area contributed by atoms with Crippen molar-refractivity contribution in [1.29, 1.82) is 0 Å². The van der Waals surface area contributed by atoms with Gasteiger partial charge in [-0.1, -0.05) is 6.92 Å². The summed E-state index contributed by atoms with van der Waals surface area (Å²) in [6.07, 6.45) is 0.806. The molecule has 0 aliphatic rings. The number of nitrogens with two attached hydrogens (primary N) is 1. The first kappa shape index (κ1) is 19.0. The summed E-state index contributed by atoms with van der Waals surface area (Å²) in [6, 6.07) is 4.77. The average Bonchev–Trinajstić information content (AvgIpc) is 2.48. The van der Waals surface area contributed by atoms with Gasteiger partial charge in [-0.05, 0) is 45.4 Å². The Morgan fingerprint density at radius 2 is 1.83 bits per heavy atom. The molecule has 0 fully saturated rings. The second kappa shape index (κ2) is 8.53. The van der Waals surface area contributed by atoms with Gasteiger partial charge in [-0.3, -0.25) is 4.79 Å². The van der Waals surface area contributed by atoms with Crippen molar-refractivity contribution in [3.8, 4) is 11.5 Å². The van der Waals surface area contributed by atoms with Crippen LogP contribution in [0, 0.1) is 0 Å². The Morgan fingerprint density at radius 3 is 2.39 bits per heavy atom. The Bertz CT molecular complexity index is 548. The molecule has 0 atom stereocenters. The van der Waals surface area contributed by atoms with Crippen molar-refractivity contribution in [2.75, 3.05) is 19.8 Å². The van der Waals surface area contributed by atoms with Gasteiger partial charge in [-0.2, -0.15) is 0 Å². The van der Waals surface area contributed by atoms with E-state index >= 15 is 0 Å². The molecular formula is C17H25NO5. The van der Waals surface area contributed by atoms with Crippen LogP contribution in [-0.4, -0.2) is 37.1 Å². The van der Waals surface area contributed by atoms with Gasteiger partial charge in [0.2, 0.25) is 0 Å². The van der Waals surface area contributed by atoms with E-state index in [4.69, 9.17) is 19.9 Å². The van der Waals surface area contributed by atoms with E-state index in [0.29, 0.717) is 23.7 Å². The minimum absolute atomic E-state index is 0.0780. The highest BCUT2D eigenvalue weighted by atomic mass is 16.6. The SMILES string of the molecule is CCCOc1cc(C(=O)CN)ccc1OCC(=O)OC(C)(C)C. The third-order valence-electron chi connectivity index (χ3n) is 2.68. The second-order valence-electron chi connectivity index (χ2n) is 6.01. The van der Waals surface area contributed by atoms with Gasteiger partial charge in [0.25, 0.3) is 0 Å². The first-order chi connectivity index (χ1) is 10.8. The molecular weight excluding hydrogens is 298 g/mol. The lowest BCUT2D eigenvalue weighted by atomic mass is 10.1. The maximum absolute atomic E-state index is 11.7. The Morgan fingerprint density at radius 1 is 1.13 bits per heavy atom. The Hall–Kier alpha value is -2.08. The number of Topliss-reactive ketones (excluding diaryl/α,β-unsaturated/α-hetero) is 1. The zero-order valence-corrected chi connectivity index (χ0v) is 14.2. The Kier molecular flexibility index (Phi) is 7.03. The van der Waals surface area contributed by atoms with Crippen molar-refractivity contribution in [3.63, 3.8) is 0 Å². The fourth-order valence-electron chi connectivity index (χ4n) is 1.75. The highest BCUT2D eigenvalue weighted by Gasteiger charge is 2.18. The third-order valence-corrected chi connectivity index (χ3v) is 2.68. The maximum atomic E-state index is 11.7. The quantitative estimate of drug-likeness (QED) is 0.583. The molecule has 0 unspecified atom stereocenters. The molecule has 0 amide bonds. The van der Waals surface area contributed by atoms with Crippen LogP contribution in [0.1, 0.15) is 44.5 Å². The molecule has 128 valence electrons. The van der Waals surface area contributed by atoms with Gasteiger partial charge >= 0.3 is 5.97 Å². The number of hydrogen-bond donors (Lipinski definition) is 1. The monoisotopic (exact) mass is 323 g/mol. The highest BCUT2D eigenvalue weighted by molar-refractivity contribution is 5.98. The summed E-state index contributed by atoms with van der Waals surface area (Å²) >= 11 is 0. The molecule has 6 nitrogen and oxygen atoms in total. The van der Waals surface area contributed by atoms with Gasteiger partial charge < -0.3 is 19.9 Å². The number of hydrogen-bond acceptors (Lipinski definition) is 6. The molecule has 0 saturated carbocycles. The second-order valence-corrected chi connectivity index (χ2v) is 6.01. The molecule has 0 aromatic heterocycles. The maximum Gasteiger partial charge on any atom is 0.344 e. The van der Waals surface area contributed by atoms with Crippen molar-refractivity contribution >= 4 is 11.8 Å². The van der Waals surface area contributed by atoms with E-state index in [1.54, 1.807) is 39.0 Å². The molecule has 0 spiro atoms. The Labute approximate surface area is 136 Å². The molecule has 0 bridgehead atoms. The largest absolute Gasteiger partial charge is 0.490 e. The number of rotatable bonds is 8. The van der Waals surface area contributed by atoms with Crippen molar-refractivity contribution in [3.05, 3.63) is 23.8 Å². The lowest BCUT2D eigenvalue weighted by Gasteiger charge is -2.20. The number of carbonyl (C=O) groups excluding carboxylic acids is 2. The zero-order valence-electron chi connectivity index (χ0n) is 14.2. The summed E-state index contributed by atoms with van der Waals surface area (Å²) in [5.74, 6) is 0.138. The number of esters is 1. The predicted molar refractivity (Wildman–Crippen MR) is 87.0 cm³/mol. The lowest BCUT2D eigenvalue weighted by molar-refractivity contribution is -0.157. The molecule has 1 aromatic carbocycles. The van der Waals surface area contributed by atoms with Gasteiger partial charge in [0, 0.05) is 5.56 Å². The number of carbonyl (C=O) groups is 2. The standard InChI is InChI=1S/C17H25NO5/c1-5-8-21-15-9-12(13(19)10-18)6-7-14(15)22-11-16(20)23-17(2,3)4/h6-7,9H,5,8,10-11,18H2,1-4H3. The van der Waals surface area contributed by atoms with E-state index in [9.17, 15) is 9.59 Å². The van der Waals surface area contributed by atoms with Crippen LogP contribution in [0.4, 0.5) is 0 Å². The molecule has 0 heterocycles. The summed E-state index contributed by atoms with van der Waals surface area (Å²) in [7, 11) is 0. The minimum atomic E-state index is -0.570. The zero-order chi connectivity index (χ0) is 17.5. The van der Waals surface area contributed by atoms with Gasteiger partial charge in [0.05, 0.1) is 13.2 Å². The first-order valence-electron chi connectivity index (χ1n) is 7.61. The number of benzene rings is 1. The van der Waals surface area contributed by atoms with Crippen molar-refractivity contribution in [2.24, 2.45) is 5.73 Å². The van der Waals surface area contributed by atoms with Gasteiger partial charge in [-0.15, -0.1) is 0 Å². The van der Waals surface area contributed by atoms with Crippen LogP contribution < -0.4 is 15.2 Å². The van der Waals surface area contributed by atoms with E-state index in [2.05, 4.69) is 0 Å². The summed E-state index contributed by atoms with van der Waals surface area (Å²) in [4.78, 5) is 23.4. The minimum Gasteiger partial charge on any atom is -0.490 e. The summed E-state index contributed by atoms with van der Waals surface area (Å²) in [5, 5.41) is 0. The molecule has 1 aromatic rings. The molecule has 2 N–H and O–H groups in total. The van der Waals surface area contributed by atoms with Gasteiger partial charge in [0.1, 0.15) is 5.60 Å². The topological polar surface area (TPSA) is 87.9 Å². The van der Waals surface area contributed by atoms with Crippen LogP contribution in [0.5, 0.6) is 11.5 Å². The van der Waals surface area contributed by atoms with Gasteiger partial charge in [-0.25, -0.2) is 4.79 Å². The van der Waals surface area contributed by atoms with Gasteiger partial charge in [0.15, 0.2) is 23.9 Å². The number of ketones is 1. The fourth-order valence-corrected chi connectivity index (χ4v) is 1.75. The molecule has 0 aliphatic heterocycles. The van der Waals surface area contributed by atoms with E-state index in [-0.39, 0.29) is 18.9 Å². The van der Waals surface area contributed by atoms with E-state index in [0.717, 1.165) is 6.42 Å². The van der Waals surface area contributed by atoms with Crippen molar-refractivity contribution in [2.45, 2.75) is 39.7 Å². The molecule has 23 heavy (non-hydrogen) atoms. The van der Waals surface area contributed by atoms with Crippen LogP contribution in [0.15, 0.2) is 18.2 Å². The lowest BCUT2D eigenvalue weighted by Crippen LogP contribution is -2.27. The first-order valence-corrected chi connectivity index (χ1v) is 7.61. The van der Waals surface area contributed by atoms with Crippen LogP contribution in [0.3, 0.4) is 0 Å². The molecule has 0 aliphatic carbocycles. The average molecular weight is 323 g/mol. The van der Waals surface area contributed by atoms with E-state index in [1.165, 1.54) is 0 Å². The normalized spacial score (nSPS) is 11.0. The van der Waals surface area contributed by atoms with Crippen LogP contribution in [0.2, 0.25) is 0 Å². The van der Waals surface area contributed by atoms with Crippen LogP contribution >= 0.6 is 0 Å². The number of ether oxygens (including phenoxy) is 3. The smallest absolute Gasteiger partial charge is 0.344 e. The molecule has 0 radical (unpaired) electrons. The molecule has 1 rings (SSSR count). The predicted octanol–water partition coefficient (Wildman–Crippen LogP) is 2.34. The Balaban J connectivity index is 2.83. The summed E-state index contributed by atoms with van der Waals surface area (Å²) < 4.78 is 16.2. The van der Waals surface area contributed by atoms with E-state index in [1.807, 2.05) is 6.92 Å². The van der Waals surface area contributed by atoms with E-state index < -0.39 is 11.6 Å². The van der Waals surface area contributed by atoms with Crippen molar-refractivity contribution < 1.29 is 23.8 Å². The molecule has 6 heteroatoms. The van der Waals surface area contributed by atoms with Crippen molar-refractivity contribution in [1.82, 2.24) is 0 Å². The fraction of sp³-hybridized carbons (Fsp3) is 0.529. The third kappa shape index (κ3) is 6.69. The molecule has 0 saturated heterocycles. The highest BCUT2D eigenvalue weighted by Crippen LogP contribution is 2.29. The van der Waals surface area contributed by atoms with Crippen LogP contribution in [-0.2, 0) is 9.53 Å². The summed E-state index contributed by atoms with van der Waals surface area (Å²) in [6.45, 7) is 7.49.